The lowest BCUT2D eigenvalue weighted by Gasteiger charge is -1.95. The van der Waals surface area contributed by atoms with Crippen molar-refractivity contribution in [3.05, 3.63) is 60.8 Å². The van der Waals surface area contributed by atoms with Crippen molar-refractivity contribution < 1.29 is 14.3 Å². The Morgan fingerprint density at radius 1 is 0.808 bits per heavy atom. The van der Waals surface area contributed by atoms with E-state index in [-0.39, 0.29) is 18.2 Å². The lowest BCUT2D eigenvalue weighted by molar-refractivity contribution is -0.140. The first-order valence-electron chi connectivity index (χ1n) is 9.75. The Balaban J connectivity index is 1.94. The summed E-state index contributed by atoms with van der Waals surface area (Å²) in [5.74, 6) is -0.158. The van der Waals surface area contributed by atoms with Crippen molar-refractivity contribution in [1.29, 1.82) is 0 Å². The fourth-order valence-corrected chi connectivity index (χ4v) is 2.48. The van der Waals surface area contributed by atoms with Crippen molar-refractivity contribution in [2.75, 3.05) is 7.11 Å². The molecule has 0 aromatic heterocycles. The van der Waals surface area contributed by atoms with Crippen LogP contribution in [0.1, 0.15) is 58.3 Å². The van der Waals surface area contributed by atoms with Crippen LogP contribution in [0.3, 0.4) is 0 Å². The van der Waals surface area contributed by atoms with Crippen LogP contribution in [0.2, 0.25) is 0 Å². The van der Waals surface area contributed by atoms with Crippen LogP contribution in [0.15, 0.2) is 60.8 Å². The molecule has 1 rings (SSSR count). The summed E-state index contributed by atoms with van der Waals surface area (Å²) in [4.78, 5) is 11.0. The monoisotopic (exact) mass is 358 g/mol. The molecule has 0 aromatic rings. The first-order valence-corrected chi connectivity index (χ1v) is 9.75. The van der Waals surface area contributed by atoms with Crippen LogP contribution in [0.4, 0.5) is 0 Å². The maximum Gasteiger partial charge on any atom is 0.305 e. The first kappa shape index (κ1) is 22.2. The molecule has 0 spiro atoms. The zero-order chi connectivity index (χ0) is 18.9. The number of hydrogen-bond acceptors (Lipinski definition) is 3. The second-order valence-corrected chi connectivity index (χ2v) is 6.27. The maximum atomic E-state index is 11.0. The van der Waals surface area contributed by atoms with E-state index in [1.54, 1.807) is 0 Å². The highest BCUT2D eigenvalue weighted by molar-refractivity contribution is 5.69. The molecule has 3 heteroatoms. The molecule has 0 unspecified atom stereocenters. The third-order valence-corrected chi connectivity index (χ3v) is 4.07. The smallest absolute Gasteiger partial charge is 0.305 e. The molecule has 1 aliphatic heterocycles. The Kier molecular flexibility index (Phi) is 13.1. The first-order chi connectivity index (χ1) is 12.8. The highest BCUT2D eigenvalue weighted by Gasteiger charge is 2.37. The molecule has 0 amide bonds. The Labute approximate surface area is 159 Å². The van der Waals surface area contributed by atoms with Crippen molar-refractivity contribution in [2.45, 2.75) is 70.5 Å². The SMILES string of the molecule is CC/C=C\C/C=C\C/C=C\C/C=C\C/C=C\C[C@H]1O[C@@H]1CCC(=O)OC. The third-order valence-electron chi connectivity index (χ3n) is 4.07. The van der Waals surface area contributed by atoms with Gasteiger partial charge in [0.15, 0.2) is 0 Å². The molecule has 0 N–H and O–H groups in total. The fraction of sp³-hybridized carbons (Fsp3) is 0.522. The molecular formula is C23H34O3. The highest BCUT2D eigenvalue weighted by Crippen LogP contribution is 2.29. The standard InChI is InChI=1S/C23H34O3/c1-3-4-5-6-7-8-9-10-11-12-13-14-15-16-17-18-21-22(26-21)19-20-23(24)25-2/h4-5,7-8,10-11,13-14,16-17,21-22H,3,6,9,12,15,18-20H2,1-2H3/b5-4-,8-7-,11-10-,14-13-,17-16-/t21-,22-/m1/s1. The predicted octanol–water partition coefficient (Wildman–Crippen LogP) is 5.85. The van der Waals surface area contributed by atoms with Crippen molar-refractivity contribution in [3.63, 3.8) is 0 Å². The van der Waals surface area contributed by atoms with E-state index in [2.05, 4.69) is 72.4 Å². The van der Waals surface area contributed by atoms with Crippen LogP contribution in [-0.4, -0.2) is 25.3 Å². The number of allylic oxidation sites excluding steroid dienone is 9. The minimum atomic E-state index is -0.158. The van der Waals surface area contributed by atoms with E-state index in [1.807, 2.05) is 0 Å². The summed E-state index contributed by atoms with van der Waals surface area (Å²) in [5.41, 5.74) is 0. The van der Waals surface area contributed by atoms with Gasteiger partial charge < -0.3 is 9.47 Å². The van der Waals surface area contributed by atoms with Gasteiger partial charge in [-0.2, -0.15) is 0 Å². The summed E-state index contributed by atoms with van der Waals surface area (Å²) in [6.45, 7) is 2.15. The van der Waals surface area contributed by atoms with Crippen LogP contribution in [0, 0.1) is 0 Å². The third kappa shape index (κ3) is 12.5. The molecule has 1 fully saturated rings. The number of rotatable bonds is 14. The van der Waals surface area contributed by atoms with Gasteiger partial charge in [-0.1, -0.05) is 67.7 Å². The number of carbonyl (C=O) groups is 1. The van der Waals surface area contributed by atoms with Crippen molar-refractivity contribution in [1.82, 2.24) is 0 Å². The Morgan fingerprint density at radius 3 is 1.81 bits per heavy atom. The molecule has 26 heavy (non-hydrogen) atoms. The van der Waals surface area contributed by atoms with Gasteiger partial charge in [0.05, 0.1) is 19.3 Å². The van der Waals surface area contributed by atoms with Crippen LogP contribution in [-0.2, 0) is 14.3 Å². The van der Waals surface area contributed by atoms with E-state index in [4.69, 9.17) is 4.74 Å². The van der Waals surface area contributed by atoms with Gasteiger partial charge in [0, 0.05) is 6.42 Å². The summed E-state index contributed by atoms with van der Waals surface area (Å²) in [6.07, 6.45) is 29.7. The second kappa shape index (κ2) is 15.4. The minimum absolute atomic E-state index is 0.158. The van der Waals surface area contributed by atoms with E-state index >= 15 is 0 Å². The molecule has 0 saturated carbocycles. The molecule has 0 bridgehead atoms. The number of methoxy groups -OCH3 is 1. The van der Waals surface area contributed by atoms with Gasteiger partial charge in [0.1, 0.15) is 0 Å². The van der Waals surface area contributed by atoms with Crippen molar-refractivity contribution >= 4 is 5.97 Å². The average Bonchev–Trinajstić information content (AvgIpc) is 3.41. The predicted molar refractivity (Wildman–Crippen MR) is 109 cm³/mol. The molecule has 0 aromatic carbocycles. The lowest BCUT2D eigenvalue weighted by Crippen LogP contribution is -2.03. The zero-order valence-electron chi connectivity index (χ0n) is 16.3. The van der Waals surface area contributed by atoms with Crippen LogP contribution in [0.25, 0.3) is 0 Å². The number of ether oxygens (including phenoxy) is 2. The van der Waals surface area contributed by atoms with E-state index < -0.39 is 0 Å². The van der Waals surface area contributed by atoms with Crippen molar-refractivity contribution in [3.8, 4) is 0 Å². The normalized spacial score (nSPS) is 20.4. The van der Waals surface area contributed by atoms with Gasteiger partial charge in [0.2, 0.25) is 0 Å². The van der Waals surface area contributed by atoms with Gasteiger partial charge >= 0.3 is 5.97 Å². The van der Waals surface area contributed by atoms with Crippen LogP contribution >= 0.6 is 0 Å². The summed E-state index contributed by atoms with van der Waals surface area (Å²) < 4.78 is 10.2. The summed E-state index contributed by atoms with van der Waals surface area (Å²) in [6, 6.07) is 0. The van der Waals surface area contributed by atoms with E-state index in [0.717, 1.165) is 44.9 Å². The van der Waals surface area contributed by atoms with E-state index in [9.17, 15) is 4.79 Å². The molecule has 3 nitrogen and oxygen atoms in total. The summed E-state index contributed by atoms with van der Waals surface area (Å²) in [5, 5.41) is 0. The Morgan fingerprint density at radius 2 is 1.31 bits per heavy atom. The number of carbonyl (C=O) groups excluding carboxylic acids is 1. The lowest BCUT2D eigenvalue weighted by atomic mass is 10.1. The zero-order valence-corrected chi connectivity index (χ0v) is 16.3. The molecule has 2 atom stereocenters. The summed E-state index contributed by atoms with van der Waals surface area (Å²) in [7, 11) is 1.42. The van der Waals surface area contributed by atoms with Crippen LogP contribution < -0.4 is 0 Å². The number of epoxide rings is 1. The molecule has 1 aliphatic rings. The largest absolute Gasteiger partial charge is 0.469 e. The molecule has 144 valence electrons. The van der Waals surface area contributed by atoms with Gasteiger partial charge in [-0.05, 0) is 44.9 Å². The fourth-order valence-electron chi connectivity index (χ4n) is 2.48. The number of hydrogen-bond donors (Lipinski definition) is 0. The molecule has 0 radical (unpaired) electrons. The van der Waals surface area contributed by atoms with Crippen molar-refractivity contribution in [2.24, 2.45) is 0 Å². The highest BCUT2D eigenvalue weighted by atomic mass is 16.6. The van der Waals surface area contributed by atoms with E-state index in [1.165, 1.54) is 7.11 Å². The van der Waals surface area contributed by atoms with Gasteiger partial charge in [-0.3, -0.25) is 4.79 Å². The number of esters is 1. The van der Waals surface area contributed by atoms with Gasteiger partial charge in [-0.25, -0.2) is 0 Å². The van der Waals surface area contributed by atoms with Gasteiger partial charge in [-0.15, -0.1) is 0 Å². The summed E-state index contributed by atoms with van der Waals surface area (Å²) >= 11 is 0. The minimum Gasteiger partial charge on any atom is -0.469 e. The molecule has 0 aliphatic carbocycles. The molecule has 1 saturated heterocycles. The Hall–Kier alpha value is -1.87. The quantitative estimate of drug-likeness (QED) is 0.222. The van der Waals surface area contributed by atoms with E-state index in [0.29, 0.717) is 6.42 Å². The second-order valence-electron chi connectivity index (χ2n) is 6.27. The average molecular weight is 359 g/mol. The van der Waals surface area contributed by atoms with Gasteiger partial charge in [0.25, 0.3) is 0 Å². The molecular weight excluding hydrogens is 324 g/mol. The topological polar surface area (TPSA) is 38.8 Å². The molecule has 1 heterocycles. The maximum absolute atomic E-state index is 11.0. The Bertz CT molecular complexity index is 512. The van der Waals surface area contributed by atoms with Crippen LogP contribution in [0.5, 0.6) is 0 Å².